The number of carboxylic acids is 1. The van der Waals surface area contributed by atoms with Gasteiger partial charge in [0.2, 0.25) is 0 Å². The molecule has 6 N–H and O–H groups in total. The largest absolute Gasteiger partial charge is 0.478 e. The van der Waals surface area contributed by atoms with E-state index in [4.69, 9.17) is 62.3 Å². The van der Waals surface area contributed by atoms with Crippen molar-refractivity contribution in [3.8, 4) is 40.9 Å². The molecule has 28 nitrogen and oxygen atoms in total. The summed E-state index contributed by atoms with van der Waals surface area (Å²) in [5.41, 5.74) is 1.55. The van der Waals surface area contributed by atoms with Crippen molar-refractivity contribution in [1.29, 1.82) is 0 Å². The average Bonchev–Trinajstić information content (AvgIpc) is 4.58. The Labute approximate surface area is 497 Å². The van der Waals surface area contributed by atoms with Crippen LogP contribution in [0.5, 0.6) is 0 Å². The minimum atomic E-state index is -1.26. The van der Waals surface area contributed by atoms with Gasteiger partial charge in [-0.15, -0.1) is 37.0 Å². The van der Waals surface area contributed by atoms with E-state index in [1.807, 2.05) is 0 Å². The molecule has 0 saturated carbocycles. The van der Waals surface area contributed by atoms with Crippen molar-refractivity contribution in [1.82, 2.24) is 75.9 Å². The van der Waals surface area contributed by atoms with Gasteiger partial charge in [-0.3, -0.25) is 23.9 Å². The van der Waals surface area contributed by atoms with Crippen LogP contribution in [0.1, 0.15) is 68.1 Å². The highest BCUT2D eigenvalue weighted by atomic mass is 35.5. The van der Waals surface area contributed by atoms with Crippen molar-refractivity contribution in [3.05, 3.63) is 169 Å². The zero-order chi connectivity index (χ0) is 60.6. The third-order valence-corrected chi connectivity index (χ3v) is 13.0. The van der Waals surface area contributed by atoms with Crippen molar-refractivity contribution in [3.63, 3.8) is 0 Å². The Morgan fingerprint density at radius 2 is 1.18 bits per heavy atom. The lowest BCUT2D eigenvalue weighted by atomic mass is 10.1. The molecule has 432 valence electrons. The molecule has 1 aliphatic heterocycles. The first-order chi connectivity index (χ1) is 41.0. The van der Waals surface area contributed by atoms with Gasteiger partial charge in [-0.1, -0.05) is 52.3 Å². The summed E-state index contributed by atoms with van der Waals surface area (Å²) in [6.45, 7) is 3.34. The summed E-state index contributed by atoms with van der Waals surface area (Å²) in [5, 5.41) is 60.5. The van der Waals surface area contributed by atoms with E-state index in [2.05, 4.69) is 97.9 Å². The lowest BCUT2D eigenvalue weighted by molar-refractivity contribution is 0.0195. The number of halogens is 5. The fraction of sp³-hybridized carbons (Fsp3) is 0.135. The van der Waals surface area contributed by atoms with Gasteiger partial charge in [0.05, 0.1) is 92.1 Å². The molecule has 0 unspecified atom stereocenters. The molecule has 10 rings (SSSR count). The van der Waals surface area contributed by atoms with Gasteiger partial charge in [0.1, 0.15) is 41.5 Å². The Balaban J connectivity index is 0.000000169. The number of carbonyl (C=O) groups excluding carboxylic acids is 5. The number of ether oxygens (including phenoxy) is 3. The van der Waals surface area contributed by atoms with E-state index < -0.39 is 41.4 Å². The molecule has 1 saturated heterocycles. The standard InChI is InChI=1S/C23H21FN6O4.C15H10Cl2N6O3.C14H8Cl2N6O3/c1-2-16-13-20(26-22(31)19-3-4-21(28-27-19)30-6-5-25-15-30)17(14-18(16)24)23(32)34-12-9-29-7-10-33-11-8-29;1-26-15(25)7-4-8(16)9(17)5-12(7)19-14(24)11-3-2-10(20-21-11)13-6-18-23-22-13;15-7-3-6(14(24)25)11(4-8(7)16)18-13(23)10-2-1-9(19-20-10)12-5-17-22-21-12/h1,3-6,13-15H,7-12H2,(H,26,31);2-6H,1H3,(H,19,24)(H,18,22,23);1-5H,(H,18,23)(H,24,25)(H,17,21,22). The maximum Gasteiger partial charge on any atom is 0.340 e. The van der Waals surface area contributed by atoms with Gasteiger partial charge >= 0.3 is 17.9 Å². The second kappa shape index (κ2) is 28.7. The number of hydrogen-bond donors (Lipinski definition) is 6. The molecule has 3 amide bonds. The molecule has 1 fully saturated rings. The molecule has 0 radical (unpaired) electrons. The number of amides is 3. The van der Waals surface area contributed by atoms with E-state index in [9.17, 15) is 38.3 Å². The molecule has 7 heterocycles. The fourth-order valence-corrected chi connectivity index (χ4v) is 7.90. The summed E-state index contributed by atoms with van der Waals surface area (Å²) < 4.78 is 31.2. The smallest absolute Gasteiger partial charge is 0.340 e. The number of terminal acetylenes is 1. The summed E-state index contributed by atoms with van der Waals surface area (Å²) in [6, 6.07) is 16.3. The Morgan fingerprint density at radius 1 is 0.671 bits per heavy atom. The van der Waals surface area contributed by atoms with Crippen LogP contribution in [0.4, 0.5) is 21.5 Å². The van der Waals surface area contributed by atoms with Crippen molar-refractivity contribution in [2.24, 2.45) is 0 Å². The number of imidazole rings is 1. The van der Waals surface area contributed by atoms with Crippen LogP contribution in [0.2, 0.25) is 20.1 Å². The quantitative estimate of drug-likeness (QED) is 0.0462. The monoisotopic (exact) mass is 1230 g/mol. The highest BCUT2D eigenvalue weighted by Crippen LogP contribution is 2.31. The predicted octanol–water partition coefficient (Wildman–Crippen LogP) is 6.65. The van der Waals surface area contributed by atoms with E-state index in [-0.39, 0.29) is 83.1 Å². The number of methoxy groups -OCH3 is 1. The van der Waals surface area contributed by atoms with Gasteiger partial charge < -0.3 is 35.3 Å². The van der Waals surface area contributed by atoms with E-state index in [1.54, 1.807) is 35.4 Å². The molecule has 9 aromatic rings. The van der Waals surface area contributed by atoms with Crippen molar-refractivity contribution < 1.29 is 52.5 Å². The summed E-state index contributed by atoms with van der Waals surface area (Å²) >= 11 is 23.6. The number of hydrogen-bond acceptors (Lipinski definition) is 21. The third-order valence-electron chi connectivity index (χ3n) is 11.5. The number of morpholine rings is 1. The molecule has 1 aliphatic rings. The summed E-state index contributed by atoms with van der Waals surface area (Å²) in [5.74, 6) is -2.73. The van der Waals surface area contributed by atoms with Crippen LogP contribution >= 0.6 is 46.4 Å². The van der Waals surface area contributed by atoms with E-state index in [1.165, 1.54) is 68.0 Å². The Morgan fingerprint density at radius 3 is 1.64 bits per heavy atom. The maximum atomic E-state index is 14.3. The first-order valence-corrected chi connectivity index (χ1v) is 25.7. The summed E-state index contributed by atoms with van der Waals surface area (Å²) in [7, 11) is 1.21. The summed E-state index contributed by atoms with van der Waals surface area (Å²) in [6.07, 6.45) is 13.1. The number of aromatic amines is 2. The number of nitrogens with one attached hydrogen (secondary N) is 5. The second-order valence-electron chi connectivity index (χ2n) is 17.0. The summed E-state index contributed by atoms with van der Waals surface area (Å²) in [4.78, 5) is 79.3. The van der Waals surface area contributed by atoms with Gasteiger partial charge in [-0.2, -0.15) is 30.8 Å². The highest BCUT2D eigenvalue weighted by Gasteiger charge is 2.23. The van der Waals surface area contributed by atoms with Crippen molar-refractivity contribution in [2.45, 2.75) is 0 Å². The van der Waals surface area contributed by atoms with Gasteiger partial charge in [0.15, 0.2) is 22.9 Å². The van der Waals surface area contributed by atoms with Gasteiger partial charge in [0.25, 0.3) is 17.7 Å². The fourth-order valence-electron chi connectivity index (χ4n) is 7.25. The second-order valence-corrected chi connectivity index (χ2v) is 18.6. The Hall–Kier alpha value is -10.2. The van der Waals surface area contributed by atoms with E-state index in [0.29, 0.717) is 48.4 Å². The Bertz CT molecular complexity index is 3910. The third kappa shape index (κ3) is 15.9. The lowest BCUT2D eigenvalue weighted by Crippen LogP contribution is -2.38. The molecule has 6 aromatic heterocycles. The molecule has 0 bridgehead atoms. The average molecular weight is 1240 g/mol. The topological polar surface area (TPSA) is 368 Å². The number of rotatable bonds is 15. The minimum absolute atomic E-state index is 0.00530. The van der Waals surface area contributed by atoms with Gasteiger partial charge in [-0.25, -0.2) is 23.8 Å². The zero-order valence-corrected chi connectivity index (χ0v) is 46.5. The van der Waals surface area contributed by atoms with Crippen LogP contribution in [-0.4, -0.2) is 163 Å². The molecule has 0 spiro atoms. The van der Waals surface area contributed by atoms with E-state index >= 15 is 0 Å². The minimum Gasteiger partial charge on any atom is -0.478 e. The molecule has 3 aromatic carbocycles. The molecular weight excluding hydrogens is 1200 g/mol. The van der Waals surface area contributed by atoms with Crippen LogP contribution in [-0.2, 0) is 14.2 Å². The number of aromatic nitrogens is 14. The zero-order valence-electron chi connectivity index (χ0n) is 43.5. The first kappa shape index (κ1) is 60.9. The number of carboxylic acid groups (broad SMARTS) is 1. The first-order valence-electron chi connectivity index (χ1n) is 24.2. The van der Waals surface area contributed by atoms with Crippen LogP contribution < -0.4 is 16.0 Å². The maximum absolute atomic E-state index is 14.3. The van der Waals surface area contributed by atoms with Crippen molar-refractivity contribution >= 4 is 99.1 Å². The van der Waals surface area contributed by atoms with Crippen LogP contribution in [0.3, 0.4) is 0 Å². The number of benzene rings is 3. The predicted molar refractivity (Wildman–Crippen MR) is 301 cm³/mol. The van der Waals surface area contributed by atoms with Gasteiger partial charge in [0, 0.05) is 32.0 Å². The van der Waals surface area contributed by atoms with Crippen LogP contribution in [0.25, 0.3) is 28.6 Å². The number of carbonyl (C=O) groups is 6. The lowest BCUT2D eigenvalue weighted by Gasteiger charge is -2.26. The molecule has 0 atom stereocenters. The highest BCUT2D eigenvalue weighted by molar-refractivity contribution is 6.43. The van der Waals surface area contributed by atoms with Gasteiger partial charge in [-0.05, 0) is 72.8 Å². The van der Waals surface area contributed by atoms with Crippen LogP contribution in [0.15, 0.2) is 104 Å². The number of H-pyrrole nitrogens is 2. The molecule has 85 heavy (non-hydrogen) atoms. The molecular formula is C52H39Cl4FN18O10. The number of nitrogens with zero attached hydrogens (tertiary/aromatic N) is 13. The number of aromatic carboxylic acids is 1. The van der Waals surface area contributed by atoms with E-state index in [0.717, 1.165) is 25.2 Å². The Kier molecular flexibility index (Phi) is 20.5. The number of anilines is 3. The van der Waals surface area contributed by atoms with Crippen molar-refractivity contribution in [2.75, 3.05) is 62.5 Å². The number of esters is 2. The van der Waals surface area contributed by atoms with Crippen LogP contribution in [0, 0.1) is 18.2 Å². The molecule has 33 heteroatoms. The molecule has 0 aliphatic carbocycles. The normalized spacial score (nSPS) is 11.8. The SMILES string of the molecule is C#Cc1cc(NC(=O)c2ccc(-n3ccnc3)nn2)c(C(=O)OCCN2CCOCC2)cc1F.COC(=O)c1cc(Cl)c(Cl)cc1NC(=O)c1ccc(-c2cn[nH]n2)nn1.O=C(Nc1cc(Cl)c(Cl)cc1C(=O)O)c1ccc(-c2cn[nH]n2)nn1.